The van der Waals surface area contributed by atoms with Crippen molar-refractivity contribution in [1.29, 1.82) is 0 Å². The molecule has 25 heavy (non-hydrogen) atoms. The van der Waals surface area contributed by atoms with Gasteiger partial charge in [-0.25, -0.2) is 4.79 Å². The van der Waals surface area contributed by atoms with E-state index in [9.17, 15) is 9.90 Å². The molecule has 5 nitrogen and oxygen atoms in total. The van der Waals surface area contributed by atoms with Gasteiger partial charge < -0.3 is 20.2 Å². The monoisotopic (exact) mass is 345 g/mol. The van der Waals surface area contributed by atoms with E-state index < -0.39 is 0 Å². The second-order valence-electron chi connectivity index (χ2n) is 7.61. The standard InChI is InChI=1S/C20H31N3O2/c1-22(15-17-7-5-6-10-19(17)24)20(25)21-13-16-11-12-23(14-16)18-8-3-2-4-9-18/h2-4,8-9,16-17,19,24H,5-7,10-15H2,1H3,(H,21,25). The van der Waals surface area contributed by atoms with Gasteiger partial charge in [0.15, 0.2) is 0 Å². The molecule has 2 fully saturated rings. The fourth-order valence-corrected chi connectivity index (χ4v) is 4.07. The molecule has 1 aromatic carbocycles. The third-order valence-electron chi connectivity index (χ3n) is 5.67. The first-order valence-corrected chi connectivity index (χ1v) is 9.60. The maximum absolute atomic E-state index is 12.4. The van der Waals surface area contributed by atoms with Crippen LogP contribution >= 0.6 is 0 Å². The molecule has 1 saturated carbocycles. The number of hydrogen-bond acceptors (Lipinski definition) is 3. The fourth-order valence-electron chi connectivity index (χ4n) is 4.07. The van der Waals surface area contributed by atoms with Gasteiger partial charge >= 0.3 is 6.03 Å². The highest BCUT2D eigenvalue weighted by Crippen LogP contribution is 2.25. The molecule has 1 aliphatic carbocycles. The first-order chi connectivity index (χ1) is 12.1. The molecule has 0 aromatic heterocycles. The second-order valence-corrected chi connectivity index (χ2v) is 7.61. The number of aliphatic hydroxyl groups excluding tert-OH is 1. The van der Waals surface area contributed by atoms with Crippen molar-refractivity contribution in [2.24, 2.45) is 11.8 Å². The quantitative estimate of drug-likeness (QED) is 0.863. The van der Waals surface area contributed by atoms with Crippen LogP contribution in [0.15, 0.2) is 30.3 Å². The lowest BCUT2D eigenvalue weighted by molar-refractivity contribution is 0.0564. The minimum atomic E-state index is -0.252. The molecule has 0 spiro atoms. The number of hydrogen-bond donors (Lipinski definition) is 2. The third-order valence-corrected chi connectivity index (χ3v) is 5.67. The summed E-state index contributed by atoms with van der Waals surface area (Å²) in [5.74, 6) is 0.724. The number of nitrogens with one attached hydrogen (secondary N) is 1. The number of rotatable bonds is 5. The molecule has 2 N–H and O–H groups in total. The Bertz CT molecular complexity index is 551. The van der Waals surface area contributed by atoms with Gasteiger partial charge in [0.2, 0.25) is 0 Å². The molecule has 2 amide bonds. The molecule has 1 heterocycles. The van der Waals surface area contributed by atoms with Gasteiger partial charge in [-0.1, -0.05) is 31.0 Å². The molecule has 3 rings (SSSR count). The van der Waals surface area contributed by atoms with Crippen LogP contribution in [0.5, 0.6) is 0 Å². The maximum atomic E-state index is 12.4. The smallest absolute Gasteiger partial charge is 0.317 e. The Morgan fingerprint density at radius 2 is 2.00 bits per heavy atom. The summed E-state index contributed by atoms with van der Waals surface area (Å²) in [6, 6.07) is 10.4. The summed E-state index contributed by atoms with van der Waals surface area (Å²) < 4.78 is 0. The predicted octanol–water partition coefficient (Wildman–Crippen LogP) is 2.71. The summed E-state index contributed by atoms with van der Waals surface area (Å²) in [5, 5.41) is 13.2. The summed E-state index contributed by atoms with van der Waals surface area (Å²) in [5.41, 5.74) is 1.26. The molecular weight excluding hydrogens is 314 g/mol. The molecule has 5 heteroatoms. The van der Waals surface area contributed by atoms with E-state index in [4.69, 9.17) is 0 Å². The summed E-state index contributed by atoms with van der Waals surface area (Å²) in [4.78, 5) is 16.5. The average molecular weight is 345 g/mol. The Morgan fingerprint density at radius 1 is 1.24 bits per heavy atom. The van der Waals surface area contributed by atoms with Crippen molar-refractivity contribution in [3.63, 3.8) is 0 Å². The Labute approximate surface area is 151 Å². The van der Waals surface area contributed by atoms with Crippen LogP contribution in [0.25, 0.3) is 0 Å². The maximum Gasteiger partial charge on any atom is 0.317 e. The van der Waals surface area contributed by atoms with Crippen molar-refractivity contribution < 1.29 is 9.90 Å². The highest BCUT2D eigenvalue weighted by atomic mass is 16.3. The van der Waals surface area contributed by atoms with Crippen LogP contribution in [0, 0.1) is 11.8 Å². The number of urea groups is 1. The SMILES string of the molecule is CN(CC1CCCCC1O)C(=O)NCC1CCN(c2ccccc2)C1. The highest BCUT2D eigenvalue weighted by molar-refractivity contribution is 5.73. The molecule has 1 aliphatic heterocycles. The summed E-state index contributed by atoms with van der Waals surface area (Å²) in [6.45, 7) is 3.41. The molecule has 138 valence electrons. The van der Waals surface area contributed by atoms with E-state index in [0.29, 0.717) is 12.5 Å². The zero-order valence-corrected chi connectivity index (χ0v) is 15.2. The van der Waals surface area contributed by atoms with Crippen LogP contribution in [0.2, 0.25) is 0 Å². The number of para-hydroxylation sites is 1. The van der Waals surface area contributed by atoms with Crippen LogP contribution in [-0.4, -0.2) is 55.4 Å². The molecule has 1 aromatic rings. The van der Waals surface area contributed by atoms with E-state index in [1.54, 1.807) is 4.90 Å². The minimum absolute atomic E-state index is 0.0177. The van der Waals surface area contributed by atoms with Gasteiger partial charge in [-0.2, -0.15) is 0 Å². The van der Waals surface area contributed by atoms with Gasteiger partial charge in [-0.15, -0.1) is 0 Å². The Morgan fingerprint density at radius 3 is 2.76 bits per heavy atom. The molecule has 0 radical (unpaired) electrons. The molecule has 3 unspecified atom stereocenters. The van der Waals surface area contributed by atoms with Crippen molar-refractivity contribution in [3.05, 3.63) is 30.3 Å². The normalized spacial score (nSPS) is 26.5. The van der Waals surface area contributed by atoms with Gasteiger partial charge in [0.1, 0.15) is 0 Å². The van der Waals surface area contributed by atoms with Crippen LogP contribution in [0.3, 0.4) is 0 Å². The zero-order chi connectivity index (χ0) is 17.6. The van der Waals surface area contributed by atoms with E-state index in [0.717, 1.165) is 51.7 Å². The Hall–Kier alpha value is -1.75. The number of carbonyl (C=O) groups is 1. The number of benzene rings is 1. The van der Waals surface area contributed by atoms with Crippen LogP contribution in [0.4, 0.5) is 10.5 Å². The Kier molecular flexibility index (Phi) is 6.19. The van der Waals surface area contributed by atoms with Gasteiger partial charge in [-0.05, 0) is 37.3 Å². The number of nitrogens with zero attached hydrogens (tertiary/aromatic N) is 2. The lowest BCUT2D eigenvalue weighted by Crippen LogP contribution is -2.44. The van der Waals surface area contributed by atoms with Crippen LogP contribution in [-0.2, 0) is 0 Å². The topological polar surface area (TPSA) is 55.8 Å². The molecule has 1 saturated heterocycles. The number of carbonyl (C=O) groups excluding carboxylic acids is 1. The average Bonchev–Trinajstić information content (AvgIpc) is 3.11. The summed E-state index contributed by atoms with van der Waals surface area (Å²) in [7, 11) is 1.83. The fraction of sp³-hybridized carbons (Fsp3) is 0.650. The van der Waals surface area contributed by atoms with E-state index in [-0.39, 0.29) is 18.1 Å². The predicted molar refractivity (Wildman–Crippen MR) is 101 cm³/mol. The number of amides is 2. The van der Waals surface area contributed by atoms with Crippen LogP contribution in [0.1, 0.15) is 32.1 Å². The lowest BCUT2D eigenvalue weighted by atomic mass is 9.86. The van der Waals surface area contributed by atoms with Crippen molar-refractivity contribution in [3.8, 4) is 0 Å². The summed E-state index contributed by atoms with van der Waals surface area (Å²) >= 11 is 0. The van der Waals surface area contributed by atoms with E-state index in [1.807, 2.05) is 13.1 Å². The number of anilines is 1. The van der Waals surface area contributed by atoms with Crippen LogP contribution < -0.4 is 10.2 Å². The van der Waals surface area contributed by atoms with Gasteiger partial charge in [0.25, 0.3) is 0 Å². The van der Waals surface area contributed by atoms with Crippen molar-refractivity contribution in [2.75, 3.05) is 38.1 Å². The largest absolute Gasteiger partial charge is 0.393 e. The highest BCUT2D eigenvalue weighted by Gasteiger charge is 2.27. The molecule has 3 atom stereocenters. The Balaban J connectivity index is 1.40. The molecule has 0 bridgehead atoms. The van der Waals surface area contributed by atoms with Crippen molar-refractivity contribution >= 4 is 11.7 Å². The third kappa shape index (κ3) is 4.88. The van der Waals surface area contributed by atoms with Gasteiger partial charge in [0.05, 0.1) is 6.10 Å². The van der Waals surface area contributed by atoms with E-state index in [2.05, 4.69) is 34.5 Å². The van der Waals surface area contributed by atoms with Crippen molar-refractivity contribution in [1.82, 2.24) is 10.2 Å². The minimum Gasteiger partial charge on any atom is -0.393 e. The van der Waals surface area contributed by atoms with E-state index >= 15 is 0 Å². The molecule has 2 aliphatic rings. The first kappa shape index (κ1) is 18.1. The van der Waals surface area contributed by atoms with Gasteiger partial charge in [-0.3, -0.25) is 0 Å². The first-order valence-electron chi connectivity index (χ1n) is 9.60. The van der Waals surface area contributed by atoms with Gasteiger partial charge in [0, 0.05) is 44.8 Å². The summed E-state index contributed by atoms with van der Waals surface area (Å²) in [6.07, 6.45) is 5.02. The van der Waals surface area contributed by atoms with Crippen molar-refractivity contribution in [2.45, 2.75) is 38.2 Å². The zero-order valence-electron chi connectivity index (χ0n) is 15.2. The second kappa shape index (κ2) is 8.56. The lowest BCUT2D eigenvalue weighted by Gasteiger charge is -2.31. The van der Waals surface area contributed by atoms with E-state index in [1.165, 1.54) is 5.69 Å². The molecular formula is C20H31N3O2. The number of aliphatic hydroxyl groups is 1.